The number of amides is 3. The van der Waals surface area contributed by atoms with Gasteiger partial charge in [0.2, 0.25) is 5.91 Å². The summed E-state index contributed by atoms with van der Waals surface area (Å²) in [6, 6.07) is 18.0. The van der Waals surface area contributed by atoms with Crippen molar-refractivity contribution in [2.75, 3.05) is 49.5 Å². The second kappa shape index (κ2) is 9.09. The van der Waals surface area contributed by atoms with Gasteiger partial charge in [0.25, 0.3) is 0 Å². The van der Waals surface area contributed by atoms with Gasteiger partial charge in [0.1, 0.15) is 0 Å². The number of anilines is 2. The normalized spacial score (nSPS) is 17.6. The molecule has 0 aromatic heterocycles. The van der Waals surface area contributed by atoms with Crippen LogP contribution in [0.4, 0.5) is 16.2 Å². The lowest BCUT2D eigenvalue weighted by molar-refractivity contribution is -0.117. The highest BCUT2D eigenvalue weighted by atomic mass is 16.2. The second-order valence-electron chi connectivity index (χ2n) is 7.66. The minimum Gasteiger partial charge on any atom is -0.322 e. The third kappa shape index (κ3) is 4.77. The van der Waals surface area contributed by atoms with Crippen molar-refractivity contribution in [3.8, 4) is 0 Å². The molecular weight excluding hydrogens is 364 g/mol. The van der Waals surface area contributed by atoms with Crippen LogP contribution >= 0.6 is 0 Å². The van der Waals surface area contributed by atoms with E-state index in [4.69, 9.17) is 0 Å². The first kappa shape index (κ1) is 19.5. The van der Waals surface area contributed by atoms with Crippen LogP contribution in [0, 0.1) is 0 Å². The monoisotopic (exact) mass is 392 g/mol. The van der Waals surface area contributed by atoms with Crippen LogP contribution in [0.15, 0.2) is 54.6 Å². The van der Waals surface area contributed by atoms with Gasteiger partial charge in [0.05, 0.1) is 11.4 Å². The number of rotatable bonds is 5. The van der Waals surface area contributed by atoms with Crippen LogP contribution in [0.2, 0.25) is 0 Å². The highest BCUT2D eigenvalue weighted by Crippen LogP contribution is 2.29. The Kier molecular flexibility index (Phi) is 6.10. The molecule has 3 amide bonds. The van der Waals surface area contributed by atoms with E-state index in [1.807, 2.05) is 35.2 Å². The highest BCUT2D eigenvalue weighted by Gasteiger charge is 2.26. The summed E-state index contributed by atoms with van der Waals surface area (Å²) in [5.74, 6) is 0.124. The zero-order valence-corrected chi connectivity index (χ0v) is 16.7. The quantitative estimate of drug-likeness (QED) is 0.850. The summed E-state index contributed by atoms with van der Waals surface area (Å²) in [5, 5.41) is 3.02. The molecule has 2 heterocycles. The molecule has 0 bridgehead atoms. The lowest BCUT2D eigenvalue weighted by atomic mass is 10.1. The number of hydrogen-bond donors (Lipinski definition) is 1. The molecule has 2 aromatic rings. The number of carbonyl (C=O) groups is 2. The number of nitrogens with zero attached hydrogens (tertiary/aromatic N) is 3. The third-order valence-corrected chi connectivity index (χ3v) is 5.73. The van der Waals surface area contributed by atoms with Gasteiger partial charge in [0, 0.05) is 45.7 Å². The van der Waals surface area contributed by atoms with Gasteiger partial charge in [-0.1, -0.05) is 42.5 Å². The molecule has 0 atom stereocenters. The van der Waals surface area contributed by atoms with Crippen LogP contribution in [-0.4, -0.2) is 61.0 Å². The Labute approximate surface area is 172 Å². The molecule has 2 aliphatic heterocycles. The first-order chi connectivity index (χ1) is 14.2. The summed E-state index contributed by atoms with van der Waals surface area (Å²) >= 11 is 0. The van der Waals surface area contributed by atoms with Gasteiger partial charge >= 0.3 is 6.03 Å². The SMILES string of the molecule is O=C(Nc1ccccc1N1CCCC1=O)N1CCN(CCc2ccccc2)CC1. The van der Waals surface area contributed by atoms with Crippen molar-refractivity contribution in [1.82, 2.24) is 9.80 Å². The fourth-order valence-electron chi connectivity index (χ4n) is 4.02. The zero-order chi connectivity index (χ0) is 20.1. The Bertz CT molecular complexity index is 847. The number of urea groups is 1. The lowest BCUT2D eigenvalue weighted by Crippen LogP contribution is -2.50. The van der Waals surface area contributed by atoms with E-state index in [1.165, 1.54) is 5.56 Å². The average molecular weight is 393 g/mol. The molecule has 0 unspecified atom stereocenters. The van der Waals surface area contributed by atoms with Gasteiger partial charge in [-0.05, 0) is 30.5 Å². The molecule has 1 N–H and O–H groups in total. The fraction of sp³-hybridized carbons (Fsp3) is 0.391. The third-order valence-electron chi connectivity index (χ3n) is 5.73. The molecule has 2 fully saturated rings. The van der Waals surface area contributed by atoms with E-state index >= 15 is 0 Å². The van der Waals surface area contributed by atoms with Crippen molar-refractivity contribution in [2.45, 2.75) is 19.3 Å². The van der Waals surface area contributed by atoms with E-state index in [2.05, 4.69) is 34.5 Å². The van der Waals surface area contributed by atoms with Gasteiger partial charge in [-0.15, -0.1) is 0 Å². The number of para-hydroxylation sites is 2. The van der Waals surface area contributed by atoms with Gasteiger partial charge < -0.3 is 15.1 Å². The first-order valence-electron chi connectivity index (χ1n) is 10.4. The topological polar surface area (TPSA) is 55.9 Å². The zero-order valence-electron chi connectivity index (χ0n) is 16.7. The molecule has 0 saturated carbocycles. The summed E-state index contributed by atoms with van der Waals surface area (Å²) < 4.78 is 0. The van der Waals surface area contributed by atoms with Crippen molar-refractivity contribution in [3.05, 3.63) is 60.2 Å². The van der Waals surface area contributed by atoms with E-state index in [9.17, 15) is 9.59 Å². The number of carbonyl (C=O) groups excluding carboxylic acids is 2. The number of piperazine rings is 1. The van der Waals surface area contributed by atoms with Gasteiger partial charge in [0.15, 0.2) is 0 Å². The van der Waals surface area contributed by atoms with Gasteiger partial charge in [-0.25, -0.2) is 4.79 Å². The molecule has 2 aliphatic rings. The van der Waals surface area contributed by atoms with Crippen molar-refractivity contribution in [2.24, 2.45) is 0 Å². The largest absolute Gasteiger partial charge is 0.322 e. The molecule has 4 rings (SSSR count). The second-order valence-corrected chi connectivity index (χ2v) is 7.66. The van der Waals surface area contributed by atoms with Gasteiger partial charge in [-0.3, -0.25) is 9.69 Å². The predicted octanol–water partition coefficient (Wildman–Crippen LogP) is 3.21. The molecule has 152 valence electrons. The average Bonchev–Trinajstić information content (AvgIpc) is 3.19. The van der Waals surface area contributed by atoms with E-state index in [-0.39, 0.29) is 11.9 Å². The number of benzene rings is 2. The maximum atomic E-state index is 12.8. The van der Waals surface area contributed by atoms with Crippen LogP contribution in [-0.2, 0) is 11.2 Å². The summed E-state index contributed by atoms with van der Waals surface area (Å²) in [6.07, 6.45) is 2.48. The maximum absolute atomic E-state index is 12.8. The van der Waals surface area contributed by atoms with E-state index in [0.29, 0.717) is 31.7 Å². The molecule has 0 radical (unpaired) electrons. The summed E-state index contributed by atoms with van der Waals surface area (Å²) in [4.78, 5) is 31.0. The fourth-order valence-corrected chi connectivity index (χ4v) is 4.02. The molecule has 2 saturated heterocycles. The summed E-state index contributed by atoms with van der Waals surface area (Å²) in [5.41, 5.74) is 2.85. The lowest BCUT2D eigenvalue weighted by Gasteiger charge is -2.35. The van der Waals surface area contributed by atoms with Crippen LogP contribution in [0.1, 0.15) is 18.4 Å². The Hall–Kier alpha value is -2.86. The summed E-state index contributed by atoms with van der Waals surface area (Å²) in [6.45, 7) is 4.92. The number of hydrogen-bond acceptors (Lipinski definition) is 3. The Morgan fingerprint density at radius 3 is 2.34 bits per heavy atom. The Balaban J connectivity index is 1.30. The van der Waals surface area contributed by atoms with Crippen LogP contribution in [0.25, 0.3) is 0 Å². The Morgan fingerprint density at radius 1 is 0.897 bits per heavy atom. The highest BCUT2D eigenvalue weighted by molar-refractivity contribution is 6.01. The van der Waals surface area contributed by atoms with Crippen molar-refractivity contribution in [3.63, 3.8) is 0 Å². The molecule has 0 aliphatic carbocycles. The van der Waals surface area contributed by atoms with Crippen LogP contribution in [0.3, 0.4) is 0 Å². The Morgan fingerprint density at radius 2 is 1.62 bits per heavy atom. The van der Waals surface area contributed by atoms with E-state index in [1.54, 1.807) is 4.90 Å². The first-order valence-corrected chi connectivity index (χ1v) is 10.4. The molecule has 6 nitrogen and oxygen atoms in total. The predicted molar refractivity (Wildman–Crippen MR) is 115 cm³/mol. The van der Waals surface area contributed by atoms with Gasteiger partial charge in [-0.2, -0.15) is 0 Å². The molecule has 2 aromatic carbocycles. The molecule has 6 heteroatoms. The van der Waals surface area contributed by atoms with Crippen LogP contribution < -0.4 is 10.2 Å². The minimum atomic E-state index is -0.0909. The standard InChI is InChI=1S/C23H28N4O2/c28-22-11-6-13-27(22)21-10-5-4-9-20(21)24-23(29)26-17-15-25(16-18-26)14-12-19-7-2-1-3-8-19/h1-5,7-10H,6,11-18H2,(H,24,29). The molecule has 0 spiro atoms. The van der Waals surface area contributed by atoms with Crippen LogP contribution in [0.5, 0.6) is 0 Å². The number of nitrogens with one attached hydrogen (secondary N) is 1. The maximum Gasteiger partial charge on any atom is 0.321 e. The molecular formula is C23H28N4O2. The van der Waals surface area contributed by atoms with Crippen molar-refractivity contribution >= 4 is 23.3 Å². The molecule has 29 heavy (non-hydrogen) atoms. The van der Waals surface area contributed by atoms with E-state index < -0.39 is 0 Å². The van der Waals surface area contributed by atoms with Crippen molar-refractivity contribution < 1.29 is 9.59 Å². The minimum absolute atomic E-state index is 0.0909. The van der Waals surface area contributed by atoms with E-state index in [0.717, 1.165) is 38.2 Å². The summed E-state index contributed by atoms with van der Waals surface area (Å²) in [7, 11) is 0. The van der Waals surface area contributed by atoms with Crippen molar-refractivity contribution in [1.29, 1.82) is 0 Å². The smallest absolute Gasteiger partial charge is 0.321 e.